The first kappa shape index (κ1) is 5.16. The zero-order valence-electron chi connectivity index (χ0n) is 4.89. The zero-order valence-corrected chi connectivity index (χ0v) is 4.89. The second kappa shape index (κ2) is 1.94. The molecule has 0 N–H and O–H groups in total. The SMILES string of the molecule is c1coc(-c2nnco2)n1. The lowest BCUT2D eigenvalue weighted by Gasteiger charge is -1.79. The number of oxazole rings is 1. The summed E-state index contributed by atoms with van der Waals surface area (Å²) >= 11 is 0. The zero-order chi connectivity index (χ0) is 6.81. The number of hydrogen-bond acceptors (Lipinski definition) is 5. The van der Waals surface area contributed by atoms with E-state index >= 15 is 0 Å². The first-order valence-corrected chi connectivity index (χ1v) is 2.63. The van der Waals surface area contributed by atoms with Crippen molar-refractivity contribution in [1.29, 1.82) is 0 Å². The van der Waals surface area contributed by atoms with Gasteiger partial charge in [0.2, 0.25) is 6.39 Å². The Morgan fingerprint density at radius 1 is 1.20 bits per heavy atom. The molecule has 0 atom stereocenters. The molecule has 2 heterocycles. The highest BCUT2D eigenvalue weighted by atomic mass is 16.4. The van der Waals surface area contributed by atoms with Crippen molar-refractivity contribution in [1.82, 2.24) is 15.2 Å². The van der Waals surface area contributed by atoms with Crippen molar-refractivity contribution in [3.05, 3.63) is 18.9 Å². The molecule has 5 heteroatoms. The van der Waals surface area contributed by atoms with Gasteiger partial charge in [0.1, 0.15) is 6.26 Å². The van der Waals surface area contributed by atoms with Crippen LogP contribution in [0.4, 0.5) is 0 Å². The lowest BCUT2D eigenvalue weighted by atomic mass is 10.7. The van der Waals surface area contributed by atoms with Gasteiger partial charge in [0, 0.05) is 0 Å². The normalized spacial score (nSPS) is 10.0. The molecule has 2 aromatic rings. The van der Waals surface area contributed by atoms with Crippen molar-refractivity contribution in [3.8, 4) is 11.8 Å². The third-order valence-corrected chi connectivity index (χ3v) is 0.975. The van der Waals surface area contributed by atoms with Gasteiger partial charge < -0.3 is 8.83 Å². The molecule has 10 heavy (non-hydrogen) atoms. The van der Waals surface area contributed by atoms with Gasteiger partial charge in [0.25, 0.3) is 5.89 Å². The van der Waals surface area contributed by atoms with Crippen molar-refractivity contribution in [2.45, 2.75) is 0 Å². The number of rotatable bonds is 1. The largest absolute Gasteiger partial charge is 0.441 e. The van der Waals surface area contributed by atoms with E-state index in [2.05, 4.69) is 15.2 Å². The van der Waals surface area contributed by atoms with Crippen LogP contribution in [-0.4, -0.2) is 15.2 Å². The van der Waals surface area contributed by atoms with Crippen LogP contribution in [0.2, 0.25) is 0 Å². The van der Waals surface area contributed by atoms with E-state index in [1.165, 1.54) is 18.9 Å². The van der Waals surface area contributed by atoms with Crippen LogP contribution in [0.15, 0.2) is 27.7 Å². The molecule has 2 rings (SSSR count). The standard InChI is InChI=1S/C5H3N3O2/c1-2-9-4(6-1)5-8-7-3-10-5/h1-3H. The molecule has 0 unspecified atom stereocenters. The Morgan fingerprint density at radius 3 is 2.80 bits per heavy atom. The summed E-state index contributed by atoms with van der Waals surface area (Å²) in [4.78, 5) is 3.80. The Kier molecular flexibility index (Phi) is 1.00. The first-order valence-electron chi connectivity index (χ1n) is 2.63. The first-order chi connectivity index (χ1) is 4.97. The lowest BCUT2D eigenvalue weighted by molar-refractivity contribution is 0.509. The average molecular weight is 137 g/mol. The molecular weight excluding hydrogens is 134 g/mol. The highest BCUT2D eigenvalue weighted by molar-refractivity contribution is 5.33. The van der Waals surface area contributed by atoms with Crippen LogP contribution in [0, 0.1) is 0 Å². The second-order valence-corrected chi connectivity index (χ2v) is 1.58. The van der Waals surface area contributed by atoms with Crippen LogP contribution in [0.3, 0.4) is 0 Å². The summed E-state index contributed by atoms with van der Waals surface area (Å²) in [6.07, 6.45) is 4.18. The monoisotopic (exact) mass is 137 g/mol. The molecule has 50 valence electrons. The molecule has 0 aromatic carbocycles. The molecule has 2 aromatic heterocycles. The maximum Gasteiger partial charge on any atom is 0.303 e. The molecule has 0 aliphatic rings. The minimum absolute atomic E-state index is 0.296. The topological polar surface area (TPSA) is 65.0 Å². The summed E-state index contributed by atoms with van der Waals surface area (Å²) in [6.45, 7) is 0. The summed E-state index contributed by atoms with van der Waals surface area (Å²) in [6, 6.07) is 0. The van der Waals surface area contributed by atoms with Gasteiger partial charge in [-0.05, 0) is 0 Å². The molecule has 0 saturated heterocycles. The van der Waals surface area contributed by atoms with Crippen molar-refractivity contribution in [2.24, 2.45) is 0 Å². The number of aromatic nitrogens is 3. The molecule has 0 saturated carbocycles. The van der Waals surface area contributed by atoms with Crippen LogP contribution in [0.1, 0.15) is 0 Å². The summed E-state index contributed by atoms with van der Waals surface area (Å²) in [5.74, 6) is 0.641. The number of nitrogens with zero attached hydrogens (tertiary/aromatic N) is 3. The van der Waals surface area contributed by atoms with Gasteiger partial charge in [-0.15, -0.1) is 10.2 Å². The molecule has 0 fully saturated rings. The van der Waals surface area contributed by atoms with Crippen molar-refractivity contribution in [3.63, 3.8) is 0 Å². The fourth-order valence-corrected chi connectivity index (χ4v) is 0.595. The van der Waals surface area contributed by atoms with E-state index in [1.807, 2.05) is 0 Å². The Bertz CT molecular complexity index is 254. The molecule has 5 nitrogen and oxygen atoms in total. The summed E-state index contributed by atoms with van der Waals surface area (Å²) in [5, 5.41) is 7.05. The van der Waals surface area contributed by atoms with Gasteiger partial charge in [0.05, 0.1) is 6.20 Å². The minimum Gasteiger partial charge on any atom is -0.441 e. The highest BCUT2D eigenvalue weighted by Gasteiger charge is 2.06. The molecule has 0 aliphatic heterocycles. The van der Waals surface area contributed by atoms with Gasteiger partial charge in [-0.25, -0.2) is 4.98 Å². The van der Waals surface area contributed by atoms with Gasteiger partial charge in [0.15, 0.2) is 0 Å². The Hall–Kier alpha value is -1.65. The van der Waals surface area contributed by atoms with Crippen LogP contribution < -0.4 is 0 Å². The molecule has 0 bridgehead atoms. The van der Waals surface area contributed by atoms with Gasteiger partial charge in [-0.3, -0.25) is 0 Å². The average Bonchev–Trinajstić information content (AvgIpc) is 2.59. The van der Waals surface area contributed by atoms with E-state index in [0.717, 1.165) is 0 Å². The van der Waals surface area contributed by atoms with E-state index in [1.54, 1.807) is 0 Å². The highest BCUT2D eigenvalue weighted by Crippen LogP contribution is 2.11. The van der Waals surface area contributed by atoms with E-state index in [-0.39, 0.29) is 0 Å². The number of hydrogen-bond donors (Lipinski definition) is 0. The third-order valence-electron chi connectivity index (χ3n) is 0.975. The van der Waals surface area contributed by atoms with Gasteiger partial charge in [-0.2, -0.15) is 0 Å². The van der Waals surface area contributed by atoms with Crippen LogP contribution >= 0.6 is 0 Å². The van der Waals surface area contributed by atoms with Crippen molar-refractivity contribution in [2.75, 3.05) is 0 Å². The van der Waals surface area contributed by atoms with Crippen molar-refractivity contribution < 1.29 is 8.83 Å². The maximum atomic E-state index is 4.87. The summed E-state index contributed by atoms with van der Waals surface area (Å²) in [5.41, 5.74) is 0. The lowest BCUT2D eigenvalue weighted by Crippen LogP contribution is -1.74. The minimum atomic E-state index is 0.296. The van der Waals surface area contributed by atoms with Crippen molar-refractivity contribution >= 4 is 0 Å². The van der Waals surface area contributed by atoms with Gasteiger partial charge in [-0.1, -0.05) is 0 Å². The third kappa shape index (κ3) is 0.680. The second-order valence-electron chi connectivity index (χ2n) is 1.58. The van der Waals surface area contributed by atoms with E-state index < -0.39 is 0 Å². The summed E-state index contributed by atoms with van der Waals surface area (Å²) in [7, 11) is 0. The molecule has 0 radical (unpaired) electrons. The van der Waals surface area contributed by atoms with E-state index in [0.29, 0.717) is 11.8 Å². The predicted octanol–water partition coefficient (Wildman–Crippen LogP) is 0.725. The predicted molar refractivity (Wildman–Crippen MR) is 29.8 cm³/mol. The maximum absolute atomic E-state index is 4.87. The molecule has 0 aliphatic carbocycles. The van der Waals surface area contributed by atoms with Crippen LogP contribution in [0.25, 0.3) is 11.8 Å². The Balaban J connectivity index is 2.48. The van der Waals surface area contributed by atoms with Crippen LogP contribution in [0.5, 0.6) is 0 Å². The quantitative estimate of drug-likeness (QED) is 0.579. The summed E-state index contributed by atoms with van der Waals surface area (Å²) < 4.78 is 9.67. The van der Waals surface area contributed by atoms with E-state index in [9.17, 15) is 0 Å². The fourth-order valence-electron chi connectivity index (χ4n) is 0.595. The van der Waals surface area contributed by atoms with E-state index in [4.69, 9.17) is 8.83 Å². The Morgan fingerprint density at radius 2 is 2.20 bits per heavy atom. The van der Waals surface area contributed by atoms with Crippen LogP contribution in [-0.2, 0) is 0 Å². The molecule has 0 amide bonds. The smallest absolute Gasteiger partial charge is 0.303 e. The molecular formula is C5H3N3O2. The van der Waals surface area contributed by atoms with Gasteiger partial charge >= 0.3 is 5.89 Å². The molecule has 0 spiro atoms. The fraction of sp³-hybridized carbons (Fsp3) is 0. The Labute approximate surface area is 55.7 Å².